The first-order valence-corrected chi connectivity index (χ1v) is 8.10. The normalized spacial score (nSPS) is 16.5. The Balaban J connectivity index is 1.90. The lowest BCUT2D eigenvalue weighted by Crippen LogP contribution is -2.18. The third-order valence-electron chi connectivity index (χ3n) is 4.67. The Morgan fingerprint density at radius 2 is 1.81 bits per heavy atom. The van der Waals surface area contributed by atoms with Crippen molar-refractivity contribution in [2.24, 2.45) is 0 Å². The van der Waals surface area contributed by atoms with Crippen LogP contribution >= 0.6 is 11.6 Å². The Morgan fingerprint density at radius 3 is 2.38 bits per heavy atom. The molecule has 1 aliphatic carbocycles. The average molecular weight is 300 g/mol. The van der Waals surface area contributed by atoms with Gasteiger partial charge in [-0.2, -0.15) is 0 Å². The van der Waals surface area contributed by atoms with E-state index in [1.54, 1.807) is 0 Å². The molecule has 2 aromatic carbocycles. The molecule has 0 amide bonds. The molecule has 0 radical (unpaired) electrons. The Hall–Kier alpha value is -1.31. The highest BCUT2D eigenvalue weighted by atomic mass is 35.5. The van der Waals surface area contributed by atoms with Crippen LogP contribution in [0, 0.1) is 6.92 Å². The van der Waals surface area contributed by atoms with E-state index in [0.29, 0.717) is 0 Å². The summed E-state index contributed by atoms with van der Waals surface area (Å²) >= 11 is 6.49. The smallest absolute Gasteiger partial charge is 0.0589 e. The Morgan fingerprint density at radius 1 is 1.10 bits per heavy atom. The van der Waals surface area contributed by atoms with Gasteiger partial charge in [0.2, 0.25) is 0 Å². The summed E-state index contributed by atoms with van der Waals surface area (Å²) in [6.45, 7) is 2.05. The van der Waals surface area contributed by atoms with Crippen molar-refractivity contribution in [3.05, 3.63) is 69.7 Å². The molecule has 110 valence electrons. The van der Waals surface area contributed by atoms with Crippen molar-refractivity contribution in [1.82, 2.24) is 5.32 Å². The van der Waals surface area contributed by atoms with Gasteiger partial charge in [-0.25, -0.2) is 0 Å². The quantitative estimate of drug-likeness (QED) is 0.815. The first kappa shape index (κ1) is 14.6. The van der Waals surface area contributed by atoms with Crippen LogP contribution in [-0.4, -0.2) is 7.05 Å². The Bertz CT molecular complexity index is 614. The standard InChI is InChI=1S/C19H22ClN/c1-13-5-3-8-17(18(13)20)19(21-2)16-11-9-15(10-12-16)14-6-4-7-14/h3,5,8-12,14,19,21H,4,6-7H2,1-2H3. The summed E-state index contributed by atoms with van der Waals surface area (Å²) in [5.41, 5.74) is 5.03. The first-order chi connectivity index (χ1) is 10.2. The van der Waals surface area contributed by atoms with E-state index in [0.717, 1.165) is 22.1 Å². The number of benzene rings is 2. The van der Waals surface area contributed by atoms with E-state index in [9.17, 15) is 0 Å². The molecule has 2 aromatic rings. The molecule has 1 fully saturated rings. The van der Waals surface area contributed by atoms with Crippen molar-refractivity contribution < 1.29 is 0 Å². The van der Waals surface area contributed by atoms with Crippen molar-refractivity contribution in [3.63, 3.8) is 0 Å². The topological polar surface area (TPSA) is 12.0 Å². The largest absolute Gasteiger partial charge is 0.309 e. The van der Waals surface area contributed by atoms with Crippen LogP contribution in [0.3, 0.4) is 0 Å². The lowest BCUT2D eigenvalue weighted by molar-refractivity contribution is 0.419. The molecule has 1 atom stereocenters. The van der Waals surface area contributed by atoms with Gasteiger partial charge < -0.3 is 5.32 Å². The molecular weight excluding hydrogens is 278 g/mol. The number of halogens is 1. The lowest BCUT2D eigenvalue weighted by atomic mass is 9.79. The molecule has 1 nitrogen and oxygen atoms in total. The zero-order valence-corrected chi connectivity index (χ0v) is 13.5. The highest BCUT2D eigenvalue weighted by molar-refractivity contribution is 6.32. The van der Waals surface area contributed by atoms with E-state index in [1.807, 2.05) is 7.05 Å². The second-order valence-electron chi connectivity index (χ2n) is 5.99. The molecule has 21 heavy (non-hydrogen) atoms. The Labute approximate surface area is 132 Å². The highest BCUT2D eigenvalue weighted by Gasteiger charge is 2.20. The summed E-state index contributed by atoms with van der Waals surface area (Å²) in [4.78, 5) is 0. The van der Waals surface area contributed by atoms with Gasteiger partial charge in [-0.15, -0.1) is 0 Å². The zero-order valence-electron chi connectivity index (χ0n) is 12.7. The lowest BCUT2D eigenvalue weighted by Gasteiger charge is -2.26. The predicted octanol–water partition coefficient (Wildman–Crippen LogP) is 5.22. The van der Waals surface area contributed by atoms with Crippen LogP contribution < -0.4 is 5.32 Å². The van der Waals surface area contributed by atoms with E-state index < -0.39 is 0 Å². The molecule has 3 rings (SSSR count). The zero-order chi connectivity index (χ0) is 14.8. The first-order valence-electron chi connectivity index (χ1n) is 7.73. The molecule has 2 heteroatoms. The summed E-state index contributed by atoms with van der Waals surface area (Å²) in [7, 11) is 1.99. The minimum Gasteiger partial charge on any atom is -0.309 e. The molecule has 1 saturated carbocycles. The number of aryl methyl sites for hydroxylation is 1. The van der Waals surface area contributed by atoms with Gasteiger partial charge in [0.1, 0.15) is 0 Å². The summed E-state index contributed by atoms with van der Waals surface area (Å²) in [6, 6.07) is 15.4. The van der Waals surface area contributed by atoms with Crippen molar-refractivity contribution in [2.75, 3.05) is 7.05 Å². The van der Waals surface area contributed by atoms with Crippen molar-refractivity contribution in [3.8, 4) is 0 Å². The van der Waals surface area contributed by atoms with E-state index in [2.05, 4.69) is 54.7 Å². The van der Waals surface area contributed by atoms with Gasteiger partial charge in [-0.3, -0.25) is 0 Å². The van der Waals surface area contributed by atoms with Crippen LogP contribution in [0.15, 0.2) is 42.5 Å². The summed E-state index contributed by atoms with van der Waals surface area (Å²) in [5, 5.41) is 4.26. The molecule has 1 N–H and O–H groups in total. The average Bonchev–Trinajstić information content (AvgIpc) is 2.44. The molecular formula is C19H22ClN. The van der Waals surface area contributed by atoms with Gasteiger partial charge in [0.05, 0.1) is 6.04 Å². The predicted molar refractivity (Wildman–Crippen MR) is 90.1 cm³/mol. The van der Waals surface area contributed by atoms with E-state index in [4.69, 9.17) is 11.6 Å². The van der Waals surface area contributed by atoms with Crippen LogP contribution in [0.2, 0.25) is 5.02 Å². The van der Waals surface area contributed by atoms with E-state index >= 15 is 0 Å². The molecule has 1 unspecified atom stereocenters. The SMILES string of the molecule is CNC(c1ccc(C2CCC2)cc1)c1cccc(C)c1Cl. The highest BCUT2D eigenvalue weighted by Crippen LogP contribution is 2.37. The van der Waals surface area contributed by atoms with Gasteiger partial charge in [0.15, 0.2) is 0 Å². The summed E-state index contributed by atoms with van der Waals surface area (Å²) in [5.74, 6) is 0.787. The molecule has 1 aliphatic rings. The summed E-state index contributed by atoms with van der Waals surface area (Å²) in [6.07, 6.45) is 4.07. The van der Waals surface area contributed by atoms with E-state index in [1.165, 1.54) is 30.4 Å². The second kappa shape index (κ2) is 6.21. The minimum absolute atomic E-state index is 0.146. The fraction of sp³-hybridized carbons (Fsp3) is 0.368. The van der Waals surface area contributed by atoms with Crippen LogP contribution in [0.5, 0.6) is 0 Å². The maximum atomic E-state index is 6.49. The van der Waals surface area contributed by atoms with Gasteiger partial charge in [0, 0.05) is 5.02 Å². The number of hydrogen-bond donors (Lipinski definition) is 1. The fourth-order valence-electron chi connectivity index (χ4n) is 3.10. The third kappa shape index (κ3) is 2.86. The Kier molecular flexibility index (Phi) is 4.32. The summed E-state index contributed by atoms with van der Waals surface area (Å²) < 4.78 is 0. The van der Waals surface area contributed by atoms with Crippen LogP contribution in [0.25, 0.3) is 0 Å². The van der Waals surface area contributed by atoms with Crippen molar-refractivity contribution in [1.29, 1.82) is 0 Å². The molecule has 0 aliphatic heterocycles. The van der Waals surface area contributed by atoms with Gasteiger partial charge >= 0.3 is 0 Å². The molecule has 0 bridgehead atoms. The van der Waals surface area contributed by atoms with Crippen LogP contribution in [0.4, 0.5) is 0 Å². The van der Waals surface area contributed by atoms with Gasteiger partial charge in [-0.05, 0) is 55.0 Å². The number of rotatable bonds is 4. The van der Waals surface area contributed by atoms with Crippen LogP contribution in [0.1, 0.15) is 53.5 Å². The monoisotopic (exact) mass is 299 g/mol. The second-order valence-corrected chi connectivity index (χ2v) is 6.37. The fourth-order valence-corrected chi connectivity index (χ4v) is 3.33. The number of hydrogen-bond acceptors (Lipinski definition) is 1. The minimum atomic E-state index is 0.146. The van der Waals surface area contributed by atoms with Gasteiger partial charge in [0.25, 0.3) is 0 Å². The van der Waals surface area contributed by atoms with Crippen molar-refractivity contribution >= 4 is 11.6 Å². The molecule has 0 spiro atoms. The maximum Gasteiger partial charge on any atom is 0.0589 e. The van der Waals surface area contributed by atoms with Crippen LogP contribution in [-0.2, 0) is 0 Å². The van der Waals surface area contributed by atoms with Gasteiger partial charge in [-0.1, -0.05) is 60.5 Å². The van der Waals surface area contributed by atoms with E-state index in [-0.39, 0.29) is 6.04 Å². The maximum absolute atomic E-state index is 6.49. The number of nitrogens with one attached hydrogen (secondary N) is 1. The third-order valence-corrected chi connectivity index (χ3v) is 5.18. The van der Waals surface area contributed by atoms with Crippen molar-refractivity contribution in [2.45, 2.75) is 38.1 Å². The molecule has 0 heterocycles. The molecule has 0 saturated heterocycles. The molecule has 0 aromatic heterocycles.